The van der Waals surface area contributed by atoms with Crippen molar-refractivity contribution in [2.75, 3.05) is 39.3 Å². The van der Waals surface area contributed by atoms with Crippen molar-refractivity contribution < 1.29 is 59.1 Å². The molecule has 0 saturated carbocycles. The first-order valence-corrected chi connectivity index (χ1v) is 16.9. The summed E-state index contributed by atoms with van der Waals surface area (Å²) >= 11 is 0. The number of aromatic nitrogens is 2. The summed E-state index contributed by atoms with van der Waals surface area (Å²) in [7, 11) is 0. The second-order valence-electron chi connectivity index (χ2n) is 12.0. The Bertz CT molecular complexity index is 1920. The molecule has 0 aromatic carbocycles. The predicted octanol–water partition coefficient (Wildman–Crippen LogP) is -1.48. The standard InChI is InChI=1S/C34H38N8O12/c43-27-13-3-9-23(39(27)51)31(47)35-17-7-21-37(33(49)25-11-5-15-29(45)41(25)53)19-1-2-20-38(34(50)26-12-6-16-30(46)42(26)54)22-8-18-36-32(48)24-10-4-14-28(44)40(24)52/h3-6,9-12,15-16,53-54H,1-2,7-8,13-14,17-22H2,(H2-2,35,36,47,48,51,52)/p+2. The third kappa shape index (κ3) is 9.92. The lowest BCUT2D eigenvalue weighted by Gasteiger charge is -2.25. The van der Waals surface area contributed by atoms with Gasteiger partial charge >= 0.3 is 35.1 Å². The molecule has 4 heterocycles. The molecule has 20 nitrogen and oxygen atoms in total. The number of carbonyl (C=O) groups excluding carboxylic acids is 6. The van der Waals surface area contributed by atoms with Gasteiger partial charge in [0.05, 0.1) is 22.3 Å². The van der Waals surface area contributed by atoms with Gasteiger partial charge in [0.25, 0.3) is 22.9 Å². The molecule has 0 fully saturated rings. The van der Waals surface area contributed by atoms with Crippen LogP contribution in [0.4, 0.5) is 0 Å². The summed E-state index contributed by atoms with van der Waals surface area (Å²) in [6.07, 6.45) is 6.24. The summed E-state index contributed by atoms with van der Waals surface area (Å²) in [5.41, 5.74) is -2.84. The molecule has 0 saturated heterocycles. The number of hydrogen-bond donors (Lipinski definition) is 6. The molecule has 2 aliphatic heterocycles. The summed E-state index contributed by atoms with van der Waals surface area (Å²) in [6.45, 7) is 0.219. The highest BCUT2D eigenvalue weighted by Gasteiger charge is 2.32. The van der Waals surface area contributed by atoms with E-state index in [4.69, 9.17) is 0 Å². The van der Waals surface area contributed by atoms with E-state index in [1.807, 2.05) is 0 Å². The molecule has 54 heavy (non-hydrogen) atoms. The average Bonchev–Trinajstić information content (AvgIpc) is 3.15. The Hall–Kier alpha value is -6.86. The van der Waals surface area contributed by atoms with Crippen molar-refractivity contribution in [2.24, 2.45) is 0 Å². The molecule has 286 valence electrons. The first-order chi connectivity index (χ1) is 25.8. The van der Waals surface area contributed by atoms with Gasteiger partial charge in [0, 0.05) is 63.6 Å². The molecular formula is C34H40N8O12+2. The minimum absolute atomic E-state index is 0.0175. The van der Waals surface area contributed by atoms with Crippen LogP contribution in [0.5, 0.6) is 0 Å². The maximum absolute atomic E-state index is 13.5. The van der Waals surface area contributed by atoms with Gasteiger partial charge < -0.3 is 30.8 Å². The van der Waals surface area contributed by atoms with Crippen molar-refractivity contribution in [3.8, 4) is 0 Å². The van der Waals surface area contributed by atoms with Crippen LogP contribution in [0.15, 0.2) is 70.3 Å². The summed E-state index contributed by atoms with van der Waals surface area (Å²) in [6, 6.07) is 7.24. The fourth-order valence-electron chi connectivity index (χ4n) is 5.44. The molecule has 2 aliphatic rings. The van der Waals surface area contributed by atoms with E-state index in [9.17, 15) is 59.2 Å². The van der Waals surface area contributed by atoms with Gasteiger partial charge in [-0.2, -0.15) is 0 Å². The van der Waals surface area contributed by atoms with Gasteiger partial charge in [0.15, 0.2) is 0 Å². The molecule has 0 unspecified atom stereocenters. The van der Waals surface area contributed by atoms with Crippen molar-refractivity contribution >= 4 is 46.9 Å². The maximum Gasteiger partial charge on any atom is 0.438 e. The van der Waals surface area contributed by atoms with Gasteiger partial charge in [-0.25, -0.2) is 9.59 Å². The number of hydroxylamine groups is 2. The first kappa shape index (κ1) is 39.9. The molecule has 4 rings (SSSR count). The Kier molecular flexibility index (Phi) is 13.7. The molecule has 6 amide bonds. The van der Waals surface area contributed by atoms with Gasteiger partial charge in [-0.15, -0.1) is 9.46 Å². The van der Waals surface area contributed by atoms with E-state index in [1.165, 1.54) is 58.4 Å². The minimum Gasteiger partial charge on any atom is -0.425 e. The zero-order chi connectivity index (χ0) is 39.4. The topological polar surface area (TPSA) is 264 Å². The summed E-state index contributed by atoms with van der Waals surface area (Å²) < 4.78 is 0.929. The molecule has 0 radical (unpaired) electrons. The number of carbonyl (C=O) groups is 6. The van der Waals surface area contributed by atoms with E-state index >= 15 is 0 Å². The van der Waals surface area contributed by atoms with Crippen LogP contribution in [0.25, 0.3) is 0 Å². The smallest absolute Gasteiger partial charge is 0.425 e. The fourth-order valence-corrected chi connectivity index (χ4v) is 5.44. The number of hydrogen-bond acceptors (Lipinski definition) is 12. The van der Waals surface area contributed by atoms with E-state index in [0.717, 1.165) is 12.1 Å². The van der Waals surface area contributed by atoms with Gasteiger partial charge in [0.1, 0.15) is 11.4 Å². The highest BCUT2D eigenvalue weighted by molar-refractivity contribution is 6.42. The third-order valence-electron chi connectivity index (χ3n) is 8.29. The summed E-state index contributed by atoms with van der Waals surface area (Å²) in [4.78, 5) is 102. The predicted molar refractivity (Wildman–Crippen MR) is 184 cm³/mol. The number of nitrogens with zero attached hydrogens (tertiary/aromatic N) is 6. The molecule has 0 aliphatic carbocycles. The van der Waals surface area contributed by atoms with Crippen molar-refractivity contribution in [2.45, 2.75) is 38.5 Å². The number of unbranched alkanes of at least 4 members (excludes halogenated alkanes) is 1. The number of amides is 6. The average molecular weight is 753 g/mol. The van der Waals surface area contributed by atoms with Gasteiger partial charge in [-0.3, -0.25) is 39.2 Å². The Balaban J connectivity index is 1.40. The molecule has 0 bridgehead atoms. The van der Waals surface area contributed by atoms with Crippen molar-refractivity contribution in [3.05, 3.63) is 92.8 Å². The molecular weight excluding hydrogens is 712 g/mol. The molecule has 0 spiro atoms. The zero-order valence-electron chi connectivity index (χ0n) is 29.0. The molecule has 6 N–H and O–H groups in total. The second kappa shape index (κ2) is 18.6. The highest BCUT2D eigenvalue weighted by atomic mass is 16.5. The normalized spacial score (nSPS) is 13.9. The van der Waals surface area contributed by atoms with Gasteiger partial charge in [-0.1, -0.05) is 24.3 Å². The van der Waals surface area contributed by atoms with E-state index < -0.39 is 46.6 Å². The fraction of sp³-hybridized carbons (Fsp3) is 0.353. The largest absolute Gasteiger partial charge is 0.438 e. The van der Waals surface area contributed by atoms with E-state index in [1.54, 1.807) is 0 Å². The van der Waals surface area contributed by atoms with Crippen LogP contribution in [-0.2, 0) is 19.2 Å². The SMILES string of the molecule is O=C(NCCCN(CCCCN(CCCNC(=O)C1=[N+](O)C(=O)CC=C1)C(=O)c1cccc(=O)n1O)C(=O)c1cccc(=O)n1O)C1=[N+](O)C(=O)CC=C1. The number of nitrogens with one attached hydrogen (secondary N) is 2. The van der Waals surface area contributed by atoms with Crippen LogP contribution in [-0.4, -0.2) is 136 Å². The van der Waals surface area contributed by atoms with Crippen LogP contribution in [0, 0.1) is 0 Å². The van der Waals surface area contributed by atoms with Crippen molar-refractivity contribution in [3.63, 3.8) is 0 Å². The molecule has 2 aromatic rings. The summed E-state index contributed by atoms with van der Waals surface area (Å²) in [5.74, 6) is -4.21. The zero-order valence-corrected chi connectivity index (χ0v) is 29.0. The highest BCUT2D eigenvalue weighted by Crippen LogP contribution is 2.10. The van der Waals surface area contributed by atoms with Crippen LogP contribution in [0.3, 0.4) is 0 Å². The maximum atomic E-state index is 13.5. The third-order valence-corrected chi connectivity index (χ3v) is 8.29. The van der Waals surface area contributed by atoms with Crippen LogP contribution in [0.2, 0.25) is 0 Å². The lowest BCUT2D eigenvalue weighted by Crippen LogP contribution is -2.41. The Morgan fingerprint density at radius 1 is 0.611 bits per heavy atom. The molecule has 20 heteroatoms. The van der Waals surface area contributed by atoms with Crippen molar-refractivity contribution in [1.82, 2.24) is 29.9 Å². The van der Waals surface area contributed by atoms with Crippen LogP contribution < -0.4 is 21.8 Å². The monoisotopic (exact) mass is 752 g/mol. The number of pyridine rings is 2. The molecule has 0 atom stereocenters. The van der Waals surface area contributed by atoms with Crippen LogP contribution >= 0.6 is 0 Å². The van der Waals surface area contributed by atoms with Crippen molar-refractivity contribution in [1.29, 1.82) is 0 Å². The van der Waals surface area contributed by atoms with E-state index in [-0.39, 0.29) is 120 Å². The lowest BCUT2D eigenvalue weighted by molar-refractivity contribution is -0.704. The van der Waals surface area contributed by atoms with E-state index in [2.05, 4.69) is 10.6 Å². The summed E-state index contributed by atoms with van der Waals surface area (Å²) in [5, 5.41) is 45.3. The van der Waals surface area contributed by atoms with Gasteiger partial charge in [0.2, 0.25) is 0 Å². The Morgan fingerprint density at radius 2 is 0.981 bits per heavy atom. The quantitative estimate of drug-likeness (QED) is 0.0356. The Morgan fingerprint density at radius 3 is 1.37 bits per heavy atom. The lowest BCUT2D eigenvalue weighted by atomic mass is 10.2. The second-order valence-corrected chi connectivity index (χ2v) is 12.0. The Labute approximate surface area is 306 Å². The van der Waals surface area contributed by atoms with E-state index in [0.29, 0.717) is 0 Å². The number of rotatable bonds is 17. The molecule has 2 aromatic heterocycles. The van der Waals surface area contributed by atoms with Gasteiger partial charge in [-0.05, 0) is 37.8 Å². The first-order valence-electron chi connectivity index (χ1n) is 16.9. The van der Waals surface area contributed by atoms with Crippen LogP contribution in [0.1, 0.15) is 59.5 Å². The minimum atomic E-state index is -0.835.